The van der Waals surface area contributed by atoms with Gasteiger partial charge in [-0.1, -0.05) is 6.92 Å². The molecule has 0 spiro atoms. The Morgan fingerprint density at radius 2 is 1.95 bits per heavy atom. The lowest BCUT2D eigenvalue weighted by atomic mass is 10.2. The van der Waals surface area contributed by atoms with Crippen LogP contribution in [0.4, 0.5) is 5.82 Å². The van der Waals surface area contributed by atoms with Crippen LogP contribution in [0, 0.1) is 5.92 Å². The van der Waals surface area contributed by atoms with Gasteiger partial charge < -0.3 is 4.90 Å². The monoisotopic (exact) mass is 293 g/mol. The normalized spacial score (nSPS) is 20.4. The molecule has 0 aromatic carbocycles. The number of aryl methyl sites for hydroxylation is 1. The topological polar surface area (TPSA) is 19.4 Å². The predicted octanol–water partition coefficient (Wildman–Crippen LogP) is 2.91. The zero-order valence-corrected chi connectivity index (χ0v) is 13.1. The fourth-order valence-corrected chi connectivity index (χ4v) is 3.03. The quantitative estimate of drug-likeness (QED) is 0.778. The molecule has 3 rings (SSSR count). The van der Waals surface area contributed by atoms with Crippen molar-refractivity contribution in [2.45, 2.75) is 32.1 Å². The molecule has 0 atom stereocenters. The van der Waals surface area contributed by atoms with Crippen molar-refractivity contribution in [3.8, 4) is 0 Å². The highest BCUT2D eigenvalue weighted by atomic mass is 35.5. The first kappa shape index (κ1) is 14.2. The second kappa shape index (κ2) is 6.31. The van der Waals surface area contributed by atoms with E-state index in [2.05, 4.69) is 28.9 Å². The fraction of sp³-hybridized carbons (Fsp3) is 0.688. The molecule has 1 saturated heterocycles. The molecule has 2 aliphatic rings. The standard InChI is InChI=1S/C16H24ClN3/c1-2-15-9-14(11-17)10-16(18-15)20-7-5-19(6-8-20)12-13-3-4-13/h9-10,13H,2-8,11-12H2,1H3. The number of aromatic nitrogens is 1. The minimum absolute atomic E-state index is 0.574. The Hall–Kier alpha value is -0.800. The van der Waals surface area contributed by atoms with Gasteiger partial charge in [0.2, 0.25) is 0 Å². The van der Waals surface area contributed by atoms with Crippen molar-refractivity contribution in [2.24, 2.45) is 5.92 Å². The number of pyridine rings is 1. The van der Waals surface area contributed by atoms with E-state index >= 15 is 0 Å². The minimum Gasteiger partial charge on any atom is -0.354 e. The van der Waals surface area contributed by atoms with Crippen molar-refractivity contribution < 1.29 is 0 Å². The van der Waals surface area contributed by atoms with Crippen LogP contribution in [-0.4, -0.2) is 42.6 Å². The molecule has 3 nitrogen and oxygen atoms in total. The average molecular weight is 294 g/mol. The molecule has 1 aromatic heterocycles. The van der Waals surface area contributed by atoms with Crippen LogP contribution in [-0.2, 0) is 12.3 Å². The highest BCUT2D eigenvalue weighted by Crippen LogP contribution is 2.30. The SMILES string of the molecule is CCc1cc(CCl)cc(N2CCN(CC3CC3)CC2)n1. The maximum absolute atomic E-state index is 6.00. The lowest BCUT2D eigenvalue weighted by Crippen LogP contribution is -2.47. The van der Waals surface area contributed by atoms with Gasteiger partial charge >= 0.3 is 0 Å². The summed E-state index contributed by atoms with van der Waals surface area (Å²) in [6, 6.07) is 4.28. The number of rotatable bonds is 5. The second-order valence-electron chi connectivity index (χ2n) is 6.04. The Balaban J connectivity index is 1.64. The molecule has 110 valence electrons. The number of piperazine rings is 1. The van der Waals surface area contributed by atoms with E-state index in [4.69, 9.17) is 16.6 Å². The maximum atomic E-state index is 6.00. The molecule has 0 unspecified atom stereocenters. The van der Waals surface area contributed by atoms with E-state index < -0.39 is 0 Å². The molecule has 1 aliphatic carbocycles. The minimum atomic E-state index is 0.574. The average Bonchev–Trinajstić information content (AvgIpc) is 3.31. The van der Waals surface area contributed by atoms with Crippen LogP contribution in [0.2, 0.25) is 0 Å². The van der Waals surface area contributed by atoms with Crippen molar-refractivity contribution in [2.75, 3.05) is 37.6 Å². The van der Waals surface area contributed by atoms with Crippen LogP contribution in [0.15, 0.2) is 12.1 Å². The largest absolute Gasteiger partial charge is 0.354 e. The number of anilines is 1. The van der Waals surface area contributed by atoms with Gasteiger partial charge in [0.1, 0.15) is 5.82 Å². The maximum Gasteiger partial charge on any atom is 0.129 e. The van der Waals surface area contributed by atoms with Crippen molar-refractivity contribution in [1.82, 2.24) is 9.88 Å². The van der Waals surface area contributed by atoms with E-state index in [9.17, 15) is 0 Å². The third kappa shape index (κ3) is 3.44. The summed E-state index contributed by atoms with van der Waals surface area (Å²) in [5, 5.41) is 0. The van der Waals surface area contributed by atoms with Crippen LogP contribution >= 0.6 is 11.6 Å². The molecule has 1 aromatic rings. The van der Waals surface area contributed by atoms with Gasteiger partial charge in [-0.15, -0.1) is 11.6 Å². The molecule has 2 fully saturated rings. The van der Waals surface area contributed by atoms with Gasteiger partial charge in [-0.3, -0.25) is 4.90 Å². The zero-order valence-electron chi connectivity index (χ0n) is 12.3. The van der Waals surface area contributed by atoms with Crippen molar-refractivity contribution in [1.29, 1.82) is 0 Å². The Kier molecular flexibility index (Phi) is 4.47. The Morgan fingerprint density at radius 3 is 2.55 bits per heavy atom. The summed E-state index contributed by atoms with van der Waals surface area (Å²) < 4.78 is 0. The van der Waals surface area contributed by atoms with Gasteiger partial charge in [-0.2, -0.15) is 0 Å². The molecule has 20 heavy (non-hydrogen) atoms. The Bertz CT molecular complexity index is 429. The Morgan fingerprint density at radius 1 is 1.20 bits per heavy atom. The van der Waals surface area contributed by atoms with Crippen molar-refractivity contribution in [3.05, 3.63) is 23.4 Å². The van der Waals surface area contributed by atoms with Crippen LogP contribution in [0.3, 0.4) is 0 Å². The number of hydrogen-bond acceptors (Lipinski definition) is 3. The summed E-state index contributed by atoms with van der Waals surface area (Å²) in [4.78, 5) is 9.80. The molecule has 4 heteroatoms. The van der Waals surface area contributed by atoms with E-state index in [0.29, 0.717) is 5.88 Å². The van der Waals surface area contributed by atoms with E-state index in [-0.39, 0.29) is 0 Å². The first-order chi connectivity index (χ1) is 9.78. The van der Waals surface area contributed by atoms with Crippen LogP contribution in [0.1, 0.15) is 31.0 Å². The van der Waals surface area contributed by atoms with Gasteiger partial charge in [0.15, 0.2) is 0 Å². The van der Waals surface area contributed by atoms with Gasteiger partial charge in [0.05, 0.1) is 0 Å². The smallest absolute Gasteiger partial charge is 0.129 e. The molecular weight excluding hydrogens is 270 g/mol. The molecule has 0 amide bonds. The summed E-state index contributed by atoms with van der Waals surface area (Å²) >= 11 is 6.00. The second-order valence-corrected chi connectivity index (χ2v) is 6.31. The molecular formula is C16H24ClN3. The molecule has 0 bridgehead atoms. The molecule has 0 N–H and O–H groups in total. The highest BCUT2D eigenvalue weighted by molar-refractivity contribution is 6.17. The fourth-order valence-electron chi connectivity index (χ4n) is 2.88. The summed E-state index contributed by atoms with van der Waals surface area (Å²) in [6.07, 6.45) is 3.86. The van der Waals surface area contributed by atoms with Gasteiger partial charge in [-0.05, 0) is 42.9 Å². The van der Waals surface area contributed by atoms with E-state index in [1.807, 2.05) is 0 Å². The number of alkyl halides is 1. The predicted molar refractivity (Wildman–Crippen MR) is 84.5 cm³/mol. The van der Waals surface area contributed by atoms with E-state index in [1.165, 1.54) is 38.0 Å². The number of halogens is 1. The molecule has 1 saturated carbocycles. The van der Waals surface area contributed by atoms with Crippen LogP contribution < -0.4 is 4.90 Å². The van der Waals surface area contributed by atoms with Crippen LogP contribution in [0.25, 0.3) is 0 Å². The lowest BCUT2D eigenvalue weighted by Gasteiger charge is -2.35. The number of hydrogen-bond donors (Lipinski definition) is 0. The summed E-state index contributed by atoms with van der Waals surface area (Å²) in [6.45, 7) is 7.99. The van der Waals surface area contributed by atoms with Crippen molar-refractivity contribution in [3.63, 3.8) is 0 Å². The zero-order chi connectivity index (χ0) is 13.9. The first-order valence-corrected chi connectivity index (χ1v) is 8.35. The Labute approximate surface area is 126 Å². The van der Waals surface area contributed by atoms with Crippen molar-refractivity contribution >= 4 is 17.4 Å². The van der Waals surface area contributed by atoms with Gasteiger partial charge in [0, 0.05) is 44.3 Å². The van der Waals surface area contributed by atoms with Gasteiger partial charge in [-0.25, -0.2) is 4.98 Å². The van der Waals surface area contributed by atoms with Gasteiger partial charge in [0.25, 0.3) is 0 Å². The lowest BCUT2D eigenvalue weighted by molar-refractivity contribution is 0.247. The number of nitrogens with zero attached hydrogens (tertiary/aromatic N) is 3. The molecule has 2 heterocycles. The molecule has 0 radical (unpaired) electrons. The van der Waals surface area contributed by atoms with Crippen LogP contribution in [0.5, 0.6) is 0 Å². The third-order valence-corrected chi connectivity index (χ3v) is 4.66. The summed E-state index contributed by atoms with van der Waals surface area (Å²) in [5.41, 5.74) is 2.34. The highest BCUT2D eigenvalue weighted by Gasteiger charge is 2.26. The third-order valence-electron chi connectivity index (χ3n) is 4.35. The van der Waals surface area contributed by atoms with E-state index in [1.54, 1.807) is 0 Å². The summed E-state index contributed by atoms with van der Waals surface area (Å²) in [7, 11) is 0. The first-order valence-electron chi connectivity index (χ1n) is 7.81. The van der Waals surface area contributed by atoms with E-state index in [0.717, 1.165) is 36.9 Å². The summed E-state index contributed by atoms with van der Waals surface area (Å²) in [5.74, 6) is 2.68. The molecule has 1 aliphatic heterocycles.